The second-order valence-corrected chi connectivity index (χ2v) is 9.11. The second kappa shape index (κ2) is 9.33. The van der Waals surface area contributed by atoms with Crippen LogP contribution in [0.3, 0.4) is 0 Å². The highest BCUT2D eigenvalue weighted by Crippen LogP contribution is 2.19. The van der Waals surface area contributed by atoms with Crippen LogP contribution in [0.15, 0.2) is 83.9 Å². The van der Waals surface area contributed by atoms with Crippen molar-refractivity contribution in [3.63, 3.8) is 0 Å². The molecule has 0 aliphatic rings. The zero-order valence-corrected chi connectivity index (χ0v) is 18.0. The van der Waals surface area contributed by atoms with E-state index in [1.807, 2.05) is 6.20 Å². The van der Waals surface area contributed by atoms with Crippen LogP contribution in [-0.2, 0) is 23.0 Å². The number of hydrogen-bond donors (Lipinski definition) is 3. The quantitative estimate of drug-likeness (QED) is 0.381. The van der Waals surface area contributed by atoms with Crippen LogP contribution < -0.4 is 10.0 Å². The van der Waals surface area contributed by atoms with Crippen LogP contribution in [0.25, 0.3) is 10.9 Å². The van der Waals surface area contributed by atoms with Gasteiger partial charge in [0.15, 0.2) is 0 Å². The molecule has 3 aromatic carbocycles. The Hall–Kier alpha value is -3.49. The van der Waals surface area contributed by atoms with Gasteiger partial charge in [0.05, 0.1) is 4.90 Å². The number of halogens is 1. The molecule has 1 amide bonds. The number of carbonyl (C=O) groups is 1. The van der Waals surface area contributed by atoms with Crippen molar-refractivity contribution in [3.05, 3.63) is 102 Å². The van der Waals surface area contributed by atoms with Crippen molar-refractivity contribution in [1.29, 1.82) is 0 Å². The zero-order valence-electron chi connectivity index (χ0n) is 17.1. The number of hydrogen-bond acceptors (Lipinski definition) is 3. The molecule has 0 fully saturated rings. The first-order valence-electron chi connectivity index (χ1n) is 10.1. The lowest BCUT2D eigenvalue weighted by Crippen LogP contribution is -2.26. The van der Waals surface area contributed by atoms with E-state index in [4.69, 9.17) is 0 Å². The summed E-state index contributed by atoms with van der Waals surface area (Å²) >= 11 is 0. The smallest absolute Gasteiger partial charge is 0.251 e. The molecule has 4 aromatic rings. The fraction of sp³-hybridized carbons (Fsp3) is 0.125. The maximum atomic E-state index is 13.5. The van der Waals surface area contributed by atoms with Crippen molar-refractivity contribution in [2.45, 2.75) is 17.9 Å². The molecule has 0 aliphatic carbocycles. The molecule has 3 N–H and O–H groups in total. The summed E-state index contributed by atoms with van der Waals surface area (Å²) in [5.41, 5.74) is 3.00. The van der Waals surface area contributed by atoms with Gasteiger partial charge in [-0.1, -0.05) is 30.3 Å². The van der Waals surface area contributed by atoms with Gasteiger partial charge in [0.25, 0.3) is 5.91 Å². The first-order valence-corrected chi connectivity index (χ1v) is 11.6. The van der Waals surface area contributed by atoms with Gasteiger partial charge in [-0.3, -0.25) is 4.79 Å². The minimum absolute atomic E-state index is 0.121. The number of benzene rings is 3. The molecule has 32 heavy (non-hydrogen) atoms. The van der Waals surface area contributed by atoms with E-state index in [1.54, 1.807) is 48.5 Å². The van der Waals surface area contributed by atoms with Gasteiger partial charge in [0, 0.05) is 35.8 Å². The Labute approximate surface area is 185 Å². The molecule has 0 unspecified atom stereocenters. The average Bonchev–Trinajstić information content (AvgIpc) is 3.20. The maximum Gasteiger partial charge on any atom is 0.251 e. The van der Waals surface area contributed by atoms with E-state index in [1.165, 1.54) is 24.3 Å². The van der Waals surface area contributed by atoms with Gasteiger partial charge in [0.1, 0.15) is 5.82 Å². The summed E-state index contributed by atoms with van der Waals surface area (Å²) in [5, 5.41) is 3.66. The summed E-state index contributed by atoms with van der Waals surface area (Å²) in [6, 6.07) is 19.5. The molecule has 164 valence electrons. The highest BCUT2D eigenvalue weighted by molar-refractivity contribution is 7.89. The largest absolute Gasteiger partial charge is 0.361 e. The molecule has 0 bridgehead atoms. The zero-order chi connectivity index (χ0) is 22.6. The molecule has 0 atom stereocenters. The number of sulfonamides is 1. The monoisotopic (exact) mass is 451 g/mol. The maximum absolute atomic E-state index is 13.5. The summed E-state index contributed by atoms with van der Waals surface area (Å²) in [4.78, 5) is 15.7. The molecule has 0 spiro atoms. The molecule has 0 aliphatic heterocycles. The van der Waals surface area contributed by atoms with Crippen molar-refractivity contribution in [2.75, 3.05) is 6.54 Å². The lowest BCUT2D eigenvalue weighted by atomic mass is 10.1. The molecular formula is C24H22FN3O3S. The third-order valence-electron chi connectivity index (χ3n) is 5.15. The van der Waals surface area contributed by atoms with Gasteiger partial charge in [-0.25, -0.2) is 17.5 Å². The highest BCUT2D eigenvalue weighted by atomic mass is 32.2. The molecule has 6 nitrogen and oxygen atoms in total. The minimum Gasteiger partial charge on any atom is -0.361 e. The number of amides is 1. The third kappa shape index (κ3) is 5.04. The summed E-state index contributed by atoms with van der Waals surface area (Å²) < 4.78 is 40.6. The van der Waals surface area contributed by atoms with E-state index >= 15 is 0 Å². The lowest BCUT2D eigenvalue weighted by molar-refractivity contribution is 0.0954. The predicted molar refractivity (Wildman–Crippen MR) is 121 cm³/mol. The molecule has 0 radical (unpaired) electrons. The second-order valence-electron chi connectivity index (χ2n) is 7.34. The van der Waals surface area contributed by atoms with Crippen LogP contribution in [0.1, 0.15) is 21.5 Å². The van der Waals surface area contributed by atoms with Crippen LogP contribution >= 0.6 is 0 Å². The summed E-state index contributed by atoms with van der Waals surface area (Å²) in [7, 11) is -3.59. The van der Waals surface area contributed by atoms with Gasteiger partial charge in [0.2, 0.25) is 10.0 Å². The Balaban J connectivity index is 1.30. The average molecular weight is 452 g/mol. The SMILES string of the molecule is O=C(NCCc1c[nH]c2ccc(F)cc12)c1ccc(CNS(=O)(=O)c2ccccc2)cc1. The Bertz CT molecular complexity index is 1330. The first-order chi connectivity index (χ1) is 15.4. The van der Waals surface area contributed by atoms with E-state index < -0.39 is 10.0 Å². The molecular weight excluding hydrogens is 429 g/mol. The van der Waals surface area contributed by atoms with Crippen molar-refractivity contribution >= 4 is 26.8 Å². The molecule has 8 heteroatoms. The third-order valence-corrected chi connectivity index (χ3v) is 6.56. The summed E-state index contributed by atoms with van der Waals surface area (Å²) in [6.45, 7) is 0.525. The molecule has 0 saturated heterocycles. The van der Waals surface area contributed by atoms with Crippen molar-refractivity contribution in [2.24, 2.45) is 0 Å². The Kier molecular flexibility index (Phi) is 6.34. The van der Waals surface area contributed by atoms with Crippen LogP contribution in [0.4, 0.5) is 4.39 Å². The van der Waals surface area contributed by atoms with Gasteiger partial charge in [-0.15, -0.1) is 0 Å². The fourth-order valence-corrected chi connectivity index (χ4v) is 4.44. The van der Waals surface area contributed by atoms with Crippen LogP contribution in [0.2, 0.25) is 0 Å². The number of aromatic amines is 1. The van der Waals surface area contributed by atoms with Gasteiger partial charge in [-0.2, -0.15) is 0 Å². The number of rotatable bonds is 8. The number of H-pyrrole nitrogens is 1. The van der Waals surface area contributed by atoms with E-state index in [9.17, 15) is 17.6 Å². The Morgan fingerprint density at radius 3 is 2.47 bits per heavy atom. The Morgan fingerprint density at radius 2 is 1.72 bits per heavy atom. The summed E-state index contributed by atoms with van der Waals surface area (Å²) in [6.07, 6.45) is 2.39. The molecule has 0 saturated carbocycles. The van der Waals surface area contributed by atoms with E-state index in [0.29, 0.717) is 18.5 Å². The van der Waals surface area contributed by atoms with Crippen LogP contribution in [-0.4, -0.2) is 25.9 Å². The predicted octanol–water partition coefficient (Wildman–Crippen LogP) is 3.76. The number of nitrogens with one attached hydrogen (secondary N) is 3. The van der Waals surface area contributed by atoms with Crippen LogP contribution in [0, 0.1) is 5.82 Å². The normalized spacial score (nSPS) is 11.5. The fourth-order valence-electron chi connectivity index (χ4n) is 3.41. The number of aromatic nitrogens is 1. The topological polar surface area (TPSA) is 91.1 Å². The minimum atomic E-state index is -3.59. The van der Waals surface area contributed by atoms with Crippen molar-refractivity contribution in [1.82, 2.24) is 15.0 Å². The highest BCUT2D eigenvalue weighted by Gasteiger charge is 2.13. The van der Waals surface area contributed by atoms with Crippen molar-refractivity contribution in [3.8, 4) is 0 Å². The van der Waals surface area contributed by atoms with Gasteiger partial charge >= 0.3 is 0 Å². The van der Waals surface area contributed by atoms with Crippen molar-refractivity contribution < 1.29 is 17.6 Å². The van der Waals surface area contributed by atoms with E-state index in [2.05, 4.69) is 15.0 Å². The molecule has 4 rings (SSSR count). The molecule has 1 aromatic heterocycles. The van der Waals surface area contributed by atoms with Gasteiger partial charge in [-0.05, 0) is 60.0 Å². The van der Waals surface area contributed by atoms with E-state index in [-0.39, 0.29) is 23.2 Å². The standard InChI is InChI=1S/C24H22FN3O3S/c25-20-10-11-23-22(14-20)19(16-27-23)12-13-26-24(29)18-8-6-17(7-9-18)15-28-32(30,31)21-4-2-1-3-5-21/h1-11,14,16,27-28H,12-13,15H2,(H,26,29). The van der Waals surface area contributed by atoms with E-state index in [0.717, 1.165) is 22.0 Å². The lowest BCUT2D eigenvalue weighted by Gasteiger charge is -2.08. The first kappa shape index (κ1) is 21.7. The number of carbonyl (C=O) groups excluding carboxylic acids is 1. The summed E-state index contributed by atoms with van der Waals surface area (Å²) in [5.74, 6) is -0.527. The van der Waals surface area contributed by atoms with Gasteiger partial charge < -0.3 is 10.3 Å². The number of fused-ring (bicyclic) bond motifs is 1. The Morgan fingerprint density at radius 1 is 0.969 bits per heavy atom. The van der Waals surface area contributed by atoms with Crippen LogP contribution in [0.5, 0.6) is 0 Å². The molecule has 1 heterocycles.